The minimum absolute atomic E-state index is 0.271. The fourth-order valence-electron chi connectivity index (χ4n) is 2.62. The zero-order valence-corrected chi connectivity index (χ0v) is 16.0. The lowest BCUT2D eigenvalue weighted by Crippen LogP contribution is -2.55. The van der Waals surface area contributed by atoms with Gasteiger partial charge < -0.3 is 19.9 Å². The summed E-state index contributed by atoms with van der Waals surface area (Å²) in [7, 11) is 0. The number of anilines is 1. The highest BCUT2D eigenvalue weighted by Crippen LogP contribution is 2.23. The third-order valence-corrected chi connectivity index (χ3v) is 4.55. The minimum Gasteiger partial charge on any atom is -0.450 e. The Morgan fingerprint density at radius 2 is 1.62 bits per heavy atom. The molecule has 1 saturated heterocycles. The molecule has 0 aliphatic carbocycles. The number of piperazine rings is 1. The zero-order valence-electron chi connectivity index (χ0n) is 15.3. The summed E-state index contributed by atoms with van der Waals surface area (Å²) < 4.78 is 4.97. The van der Waals surface area contributed by atoms with E-state index in [9.17, 15) is 14.4 Å². The SMILES string of the molecule is CCOC(=O)N1CCN(C(=O)C(C)(C)C(=O)Nc2ccc(Cl)cc2)CC1. The van der Waals surface area contributed by atoms with Crippen LogP contribution in [0.25, 0.3) is 0 Å². The second kappa shape index (κ2) is 8.40. The van der Waals surface area contributed by atoms with Crippen LogP contribution in [0.3, 0.4) is 0 Å². The highest BCUT2D eigenvalue weighted by molar-refractivity contribution is 6.30. The van der Waals surface area contributed by atoms with E-state index < -0.39 is 11.3 Å². The smallest absolute Gasteiger partial charge is 0.409 e. The predicted molar refractivity (Wildman–Crippen MR) is 99.0 cm³/mol. The van der Waals surface area contributed by atoms with Crippen molar-refractivity contribution in [3.63, 3.8) is 0 Å². The molecule has 0 radical (unpaired) electrons. The molecule has 1 aromatic carbocycles. The van der Waals surface area contributed by atoms with Gasteiger partial charge in [0.25, 0.3) is 0 Å². The van der Waals surface area contributed by atoms with Gasteiger partial charge >= 0.3 is 6.09 Å². The Kier molecular flexibility index (Phi) is 6.47. The number of carbonyl (C=O) groups is 3. The van der Waals surface area contributed by atoms with Crippen LogP contribution in [0, 0.1) is 5.41 Å². The largest absolute Gasteiger partial charge is 0.450 e. The van der Waals surface area contributed by atoms with E-state index in [0.717, 1.165) is 0 Å². The topological polar surface area (TPSA) is 79.0 Å². The number of rotatable bonds is 4. The van der Waals surface area contributed by atoms with Gasteiger partial charge in [0.15, 0.2) is 0 Å². The number of carbonyl (C=O) groups excluding carboxylic acids is 3. The lowest BCUT2D eigenvalue weighted by Gasteiger charge is -2.37. The van der Waals surface area contributed by atoms with E-state index >= 15 is 0 Å². The number of amides is 3. The molecule has 1 N–H and O–H groups in total. The number of nitrogens with zero attached hydrogens (tertiary/aromatic N) is 2. The van der Waals surface area contributed by atoms with E-state index in [1.54, 1.807) is 54.8 Å². The molecule has 0 bridgehead atoms. The molecule has 8 heteroatoms. The van der Waals surface area contributed by atoms with Crippen LogP contribution in [0.1, 0.15) is 20.8 Å². The fourth-order valence-corrected chi connectivity index (χ4v) is 2.75. The van der Waals surface area contributed by atoms with Crippen LogP contribution >= 0.6 is 11.6 Å². The molecule has 26 heavy (non-hydrogen) atoms. The van der Waals surface area contributed by atoms with Gasteiger partial charge in [-0.25, -0.2) is 4.79 Å². The summed E-state index contributed by atoms with van der Waals surface area (Å²) in [5.74, 6) is -0.662. The first kappa shape index (κ1) is 20.0. The van der Waals surface area contributed by atoms with Crippen LogP contribution in [-0.4, -0.2) is 60.5 Å². The number of nitrogens with one attached hydrogen (secondary N) is 1. The number of hydrogen-bond donors (Lipinski definition) is 1. The molecular weight excluding hydrogens is 358 g/mol. The molecule has 0 saturated carbocycles. The van der Waals surface area contributed by atoms with Crippen molar-refractivity contribution in [3.05, 3.63) is 29.3 Å². The summed E-state index contributed by atoms with van der Waals surface area (Å²) in [5, 5.41) is 3.31. The van der Waals surface area contributed by atoms with Gasteiger partial charge in [-0.15, -0.1) is 0 Å². The first-order valence-electron chi connectivity index (χ1n) is 8.53. The van der Waals surface area contributed by atoms with E-state index in [1.165, 1.54) is 0 Å². The molecule has 1 aliphatic rings. The number of benzene rings is 1. The molecule has 0 unspecified atom stereocenters. The number of ether oxygens (including phenoxy) is 1. The minimum atomic E-state index is -1.23. The molecule has 3 amide bonds. The molecule has 0 spiro atoms. The van der Waals surface area contributed by atoms with Gasteiger partial charge in [0, 0.05) is 36.9 Å². The summed E-state index contributed by atoms with van der Waals surface area (Å²) in [4.78, 5) is 40.3. The Morgan fingerprint density at radius 3 is 2.15 bits per heavy atom. The van der Waals surface area contributed by atoms with Gasteiger partial charge in [0.05, 0.1) is 6.61 Å². The van der Waals surface area contributed by atoms with Crippen LogP contribution in [0.15, 0.2) is 24.3 Å². The Labute approximate surface area is 158 Å². The summed E-state index contributed by atoms with van der Waals surface area (Å²) in [6, 6.07) is 6.69. The van der Waals surface area contributed by atoms with Gasteiger partial charge in [-0.1, -0.05) is 11.6 Å². The van der Waals surface area contributed by atoms with Crippen molar-refractivity contribution in [2.24, 2.45) is 5.41 Å². The lowest BCUT2D eigenvalue weighted by molar-refractivity contribution is -0.147. The Hall–Kier alpha value is -2.28. The van der Waals surface area contributed by atoms with E-state index in [0.29, 0.717) is 43.5 Å². The highest BCUT2D eigenvalue weighted by Gasteiger charge is 2.40. The second-order valence-electron chi connectivity index (χ2n) is 6.56. The molecule has 1 aliphatic heterocycles. The van der Waals surface area contributed by atoms with E-state index in [-0.39, 0.29) is 12.0 Å². The summed E-state index contributed by atoms with van der Waals surface area (Å²) in [6.07, 6.45) is -0.376. The third kappa shape index (κ3) is 4.66. The molecule has 7 nitrogen and oxygen atoms in total. The average Bonchev–Trinajstić information content (AvgIpc) is 2.63. The third-order valence-electron chi connectivity index (χ3n) is 4.30. The Balaban J connectivity index is 1.95. The van der Waals surface area contributed by atoms with Gasteiger partial charge in [-0.3, -0.25) is 9.59 Å². The van der Waals surface area contributed by atoms with Crippen molar-refractivity contribution < 1.29 is 19.1 Å². The summed E-state index contributed by atoms with van der Waals surface area (Å²) in [6.45, 7) is 6.77. The van der Waals surface area contributed by atoms with Crippen molar-refractivity contribution in [1.82, 2.24) is 9.80 Å². The monoisotopic (exact) mass is 381 g/mol. The van der Waals surface area contributed by atoms with Crippen molar-refractivity contribution in [2.75, 3.05) is 38.1 Å². The maximum absolute atomic E-state index is 12.8. The molecule has 0 atom stereocenters. The van der Waals surface area contributed by atoms with Crippen molar-refractivity contribution in [2.45, 2.75) is 20.8 Å². The average molecular weight is 382 g/mol. The Bertz CT molecular complexity index is 668. The van der Waals surface area contributed by atoms with E-state index in [2.05, 4.69) is 5.32 Å². The quantitative estimate of drug-likeness (QED) is 0.813. The standard InChI is InChI=1S/C18H24ClN3O4/c1-4-26-17(25)22-11-9-21(10-12-22)16(24)18(2,3)15(23)20-14-7-5-13(19)6-8-14/h5-8H,4,9-12H2,1-3H3,(H,20,23). The van der Waals surface area contributed by atoms with Crippen LogP contribution in [0.2, 0.25) is 5.02 Å². The van der Waals surface area contributed by atoms with Crippen molar-refractivity contribution in [3.8, 4) is 0 Å². The molecule has 2 rings (SSSR count). The predicted octanol–water partition coefficient (Wildman–Crippen LogP) is 2.61. The van der Waals surface area contributed by atoms with Gasteiger partial charge in [0.1, 0.15) is 5.41 Å². The van der Waals surface area contributed by atoms with Crippen LogP contribution in [-0.2, 0) is 14.3 Å². The number of halogens is 1. The first-order chi connectivity index (χ1) is 12.3. The lowest BCUT2D eigenvalue weighted by atomic mass is 9.89. The number of hydrogen-bond acceptors (Lipinski definition) is 4. The van der Waals surface area contributed by atoms with Gasteiger partial charge in [-0.2, -0.15) is 0 Å². The van der Waals surface area contributed by atoms with Crippen LogP contribution in [0.4, 0.5) is 10.5 Å². The first-order valence-corrected chi connectivity index (χ1v) is 8.91. The fraction of sp³-hybridized carbons (Fsp3) is 0.500. The van der Waals surface area contributed by atoms with Crippen molar-refractivity contribution >= 4 is 35.2 Å². The van der Waals surface area contributed by atoms with Crippen LogP contribution in [0.5, 0.6) is 0 Å². The Morgan fingerprint density at radius 1 is 1.08 bits per heavy atom. The molecular formula is C18H24ClN3O4. The maximum Gasteiger partial charge on any atom is 0.409 e. The molecule has 1 heterocycles. The van der Waals surface area contributed by atoms with Crippen LogP contribution < -0.4 is 5.32 Å². The van der Waals surface area contributed by atoms with Gasteiger partial charge in [-0.05, 0) is 45.0 Å². The van der Waals surface area contributed by atoms with Gasteiger partial charge in [0.2, 0.25) is 11.8 Å². The molecule has 1 aromatic rings. The normalized spacial score (nSPS) is 14.8. The molecule has 142 valence electrons. The van der Waals surface area contributed by atoms with E-state index in [1.807, 2.05) is 0 Å². The maximum atomic E-state index is 12.8. The van der Waals surface area contributed by atoms with Crippen molar-refractivity contribution in [1.29, 1.82) is 0 Å². The summed E-state index contributed by atoms with van der Waals surface area (Å²) in [5.41, 5.74) is -0.654. The second-order valence-corrected chi connectivity index (χ2v) is 7.00. The molecule has 1 fully saturated rings. The highest BCUT2D eigenvalue weighted by atomic mass is 35.5. The van der Waals surface area contributed by atoms with E-state index in [4.69, 9.17) is 16.3 Å². The zero-order chi connectivity index (χ0) is 19.3. The summed E-state index contributed by atoms with van der Waals surface area (Å²) >= 11 is 5.83. The molecule has 0 aromatic heterocycles.